The Kier molecular flexibility index (Phi) is 8.83. The van der Waals surface area contributed by atoms with Gasteiger partial charge in [-0.05, 0) is 78.2 Å². The third-order valence-corrected chi connectivity index (χ3v) is 10.6. The number of imidazole rings is 1. The minimum Gasteiger partial charge on any atom is -0.477 e. The number of aromatic nitrogens is 2. The van der Waals surface area contributed by atoms with Gasteiger partial charge in [-0.1, -0.05) is 18.8 Å². The Morgan fingerprint density at radius 3 is 2.27 bits per heavy atom. The molecule has 0 bridgehead atoms. The van der Waals surface area contributed by atoms with Crippen LogP contribution in [0.4, 0.5) is 5.69 Å². The van der Waals surface area contributed by atoms with Crippen molar-refractivity contribution in [2.75, 3.05) is 18.0 Å². The van der Waals surface area contributed by atoms with Gasteiger partial charge < -0.3 is 14.6 Å². The molecule has 4 rings (SSSR count). The summed E-state index contributed by atoms with van der Waals surface area (Å²) in [7, 11) is -2.02. The zero-order valence-electron chi connectivity index (χ0n) is 24.2. The molecule has 1 amide bonds. The number of aryl methyl sites for hydroxylation is 2. The molecular formula is C29H40N4O5S2. The number of carbonyl (C=O) groups is 2. The maximum absolute atomic E-state index is 14.1. The summed E-state index contributed by atoms with van der Waals surface area (Å²) < 4.78 is 29.7. The first-order chi connectivity index (χ1) is 18.7. The first-order valence-electron chi connectivity index (χ1n) is 13.9. The van der Waals surface area contributed by atoms with E-state index >= 15 is 0 Å². The van der Waals surface area contributed by atoms with E-state index in [1.165, 1.54) is 10.5 Å². The van der Waals surface area contributed by atoms with Crippen LogP contribution in [-0.4, -0.2) is 58.4 Å². The summed E-state index contributed by atoms with van der Waals surface area (Å²) in [5.41, 5.74) is 0.118. The summed E-state index contributed by atoms with van der Waals surface area (Å²) in [6, 6.07) is 1.41. The zero-order chi connectivity index (χ0) is 29.4. The lowest BCUT2D eigenvalue weighted by Gasteiger charge is -2.40. The van der Waals surface area contributed by atoms with Crippen LogP contribution in [0.1, 0.15) is 86.6 Å². The first-order valence-corrected chi connectivity index (χ1v) is 16.2. The minimum absolute atomic E-state index is 0.0169. The van der Waals surface area contributed by atoms with Crippen LogP contribution >= 0.6 is 11.3 Å². The Labute approximate surface area is 241 Å². The summed E-state index contributed by atoms with van der Waals surface area (Å²) in [5.74, 6) is 6.10. The number of carboxylic acids is 1. The van der Waals surface area contributed by atoms with Crippen LogP contribution in [0, 0.1) is 36.0 Å². The molecule has 0 spiro atoms. The van der Waals surface area contributed by atoms with Gasteiger partial charge in [0.25, 0.3) is 10.0 Å². The summed E-state index contributed by atoms with van der Waals surface area (Å²) in [4.78, 5) is 33.1. The lowest BCUT2D eigenvalue weighted by molar-refractivity contribution is -0.124. The van der Waals surface area contributed by atoms with E-state index in [0.29, 0.717) is 35.1 Å². The van der Waals surface area contributed by atoms with Crippen LogP contribution in [0.25, 0.3) is 0 Å². The van der Waals surface area contributed by atoms with Crippen LogP contribution in [-0.2, 0) is 21.9 Å². The number of hydrogen-bond donors (Lipinski definition) is 1. The Hall–Kier alpha value is -2.68. The molecule has 2 aromatic rings. The maximum Gasteiger partial charge on any atom is 0.348 e. The molecule has 2 aliphatic rings. The largest absolute Gasteiger partial charge is 0.477 e. The molecule has 2 aromatic heterocycles. The van der Waals surface area contributed by atoms with Gasteiger partial charge in [0.05, 0.1) is 10.6 Å². The van der Waals surface area contributed by atoms with Gasteiger partial charge in [0.1, 0.15) is 10.7 Å². The van der Waals surface area contributed by atoms with Crippen molar-refractivity contribution in [1.82, 2.24) is 13.9 Å². The van der Waals surface area contributed by atoms with Gasteiger partial charge >= 0.3 is 5.97 Å². The van der Waals surface area contributed by atoms with Crippen LogP contribution < -0.4 is 4.90 Å². The fraction of sp³-hybridized carbons (Fsp3) is 0.621. The van der Waals surface area contributed by atoms with E-state index in [-0.39, 0.29) is 46.3 Å². The average Bonchev–Trinajstić information content (AvgIpc) is 3.47. The maximum atomic E-state index is 14.1. The average molecular weight is 589 g/mol. The first kappa shape index (κ1) is 30.3. The molecule has 1 aliphatic carbocycles. The van der Waals surface area contributed by atoms with Gasteiger partial charge in [-0.3, -0.25) is 4.79 Å². The van der Waals surface area contributed by atoms with E-state index in [9.17, 15) is 23.1 Å². The van der Waals surface area contributed by atoms with Crippen LogP contribution in [0.5, 0.6) is 0 Å². The van der Waals surface area contributed by atoms with E-state index in [2.05, 4.69) is 23.7 Å². The summed E-state index contributed by atoms with van der Waals surface area (Å²) >= 11 is 1.09. The number of aromatic carboxylic acids is 1. The van der Waals surface area contributed by atoms with Crippen molar-refractivity contribution in [3.63, 3.8) is 0 Å². The summed E-state index contributed by atoms with van der Waals surface area (Å²) in [5, 5.41) is 10.1. The number of rotatable bonds is 6. The molecule has 0 atom stereocenters. The molecule has 2 fully saturated rings. The molecule has 11 heteroatoms. The summed E-state index contributed by atoms with van der Waals surface area (Å²) in [6.45, 7) is 10.3. The molecule has 3 heterocycles. The van der Waals surface area contributed by atoms with Crippen LogP contribution in [0.3, 0.4) is 0 Å². The smallest absolute Gasteiger partial charge is 0.348 e. The third kappa shape index (κ3) is 6.61. The van der Waals surface area contributed by atoms with E-state index < -0.39 is 16.0 Å². The van der Waals surface area contributed by atoms with E-state index in [4.69, 9.17) is 0 Å². The minimum atomic E-state index is -3.78. The molecule has 0 radical (unpaired) electrons. The second-order valence-electron chi connectivity index (χ2n) is 12.2. The normalized spacial score (nSPS) is 21.1. The Bertz CT molecular complexity index is 1410. The number of amides is 1. The quantitative estimate of drug-likeness (QED) is 0.481. The van der Waals surface area contributed by atoms with Gasteiger partial charge in [0.15, 0.2) is 5.03 Å². The topological polar surface area (TPSA) is 113 Å². The van der Waals surface area contributed by atoms with Crippen molar-refractivity contribution in [3.05, 3.63) is 27.8 Å². The fourth-order valence-corrected chi connectivity index (χ4v) is 7.68. The molecule has 40 heavy (non-hydrogen) atoms. The number of hydrogen-bond acceptors (Lipinski definition) is 6. The highest BCUT2D eigenvalue weighted by Crippen LogP contribution is 2.38. The number of anilines is 1. The monoisotopic (exact) mass is 588 g/mol. The lowest BCUT2D eigenvalue weighted by Crippen LogP contribution is -2.51. The highest BCUT2D eigenvalue weighted by molar-refractivity contribution is 7.89. The number of piperidine rings is 1. The second-order valence-corrected chi connectivity index (χ2v) is 15.1. The number of sulfonamides is 1. The number of carboxylic acid groups (broad SMARTS) is 1. The molecule has 218 valence electrons. The molecule has 0 aromatic carbocycles. The predicted octanol–water partition coefficient (Wildman–Crippen LogP) is 4.90. The van der Waals surface area contributed by atoms with Crippen molar-refractivity contribution < 1.29 is 23.1 Å². The SMILES string of the molecule is Cc1nc(S(=O)(=O)N2CCC(N(C(=O)C3CCC(C)CC3)c3cc(C#CC(C)(C)C)sc3C(=O)O)CC2)cn1C. The Morgan fingerprint density at radius 2 is 1.75 bits per heavy atom. The molecule has 1 N–H and O–H groups in total. The standard InChI is InChI=1S/C29H40N4O5S2/c1-19-7-9-21(10-8-19)27(34)33(24-17-23(11-14-29(3,4)5)39-26(24)28(35)36)22-12-15-32(16-13-22)40(37,38)25-18-31(6)20(2)30-25/h17-19,21-22H,7-10,12-13,15-16H2,1-6H3,(H,35,36). The van der Waals surface area contributed by atoms with Crippen LogP contribution in [0.2, 0.25) is 0 Å². The number of thiophene rings is 1. The highest BCUT2D eigenvalue weighted by atomic mass is 32.2. The van der Waals surface area contributed by atoms with Gasteiger partial charge in [0, 0.05) is 43.7 Å². The Balaban J connectivity index is 1.66. The molecule has 9 nitrogen and oxygen atoms in total. The fourth-order valence-electron chi connectivity index (χ4n) is 5.35. The predicted molar refractivity (Wildman–Crippen MR) is 156 cm³/mol. The molecule has 0 unspecified atom stereocenters. The van der Waals surface area contributed by atoms with Gasteiger partial charge in [-0.15, -0.1) is 11.3 Å². The zero-order valence-corrected chi connectivity index (χ0v) is 25.9. The van der Waals surface area contributed by atoms with E-state index in [1.807, 2.05) is 20.8 Å². The molecule has 1 saturated carbocycles. The lowest BCUT2D eigenvalue weighted by atomic mass is 9.82. The van der Waals surface area contributed by atoms with Gasteiger partial charge in [-0.2, -0.15) is 4.31 Å². The molecule has 1 saturated heterocycles. The van der Waals surface area contributed by atoms with Crippen molar-refractivity contribution in [3.8, 4) is 11.8 Å². The van der Waals surface area contributed by atoms with Crippen molar-refractivity contribution in [1.29, 1.82) is 0 Å². The highest BCUT2D eigenvalue weighted by Gasteiger charge is 2.39. The third-order valence-electron chi connectivity index (χ3n) is 7.81. The molecule has 1 aliphatic heterocycles. The van der Waals surface area contributed by atoms with Crippen LogP contribution in [0.15, 0.2) is 17.3 Å². The summed E-state index contributed by atoms with van der Waals surface area (Å²) in [6.07, 6.45) is 5.78. The van der Waals surface area contributed by atoms with Gasteiger partial charge in [0.2, 0.25) is 5.91 Å². The number of carbonyl (C=O) groups excluding carboxylic acids is 1. The van der Waals surface area contributed by atoms with Crippen molar-refractivity contribution >= 4 is 38.9 Å². The van der Waals surface area contributed by atoms with Crippen molar-refractivity contribution in [2.45, 2.75) is 84.2 Å². The Morgan fingerprint density at radius 1 is 1.12 bits per heavy atom. The number of nitrogens with zero attached hydrogens (tertiary/aromatic N) is 4. The second kappa shape index (κ2) is 11.7. The van der Waals surface area contributed by atoms with Gasteiger partial charge in [-0.25, -0.2) is 18.2 Å². The van der Waals surface area contributed by atoms with E-state index in [0.717, 1.165) is 37.0 Å². The van der Waals surface area contributed by atoms with Crippen molar-refractivity contribution in [2.24, 2.45) is 24.3 Å². The van der Waals surface area contributed by atoms with E-state index in [1.54, 1.807) is 29.5 Å². The molecular weight excluding hydrogens is 548 g/mol.